The van der Waals surface area contributed by atoms with Crippen molar-refractivity contribution in [3.05, 3.63) is 10.6 Å². The number of nitrogens with zero attached hydrogens (tertiary/aromatic N) is 3. The van der Waals surface area contributed by atoms with Gasteiger partial charge in [-0.25, -0.2) is 12.7 Å². The standard InChI is InChI=1S/C11H20N4O3S2/c1-18-7-6-15-10(12-13-11(15)19)9-4-3-5-14(8-9)20(2,16)17/h9H,3-8H2,1-2H3,(H,13,19)/t9-/m1/s1. The van der Waals surface area contributed by atoms with Gasteiger partial charge in [0.25, 0.3) is 0 Å². The van der Waals surface area contributed by atoms with Crippen LogP contribution >= 0.6 is 12.2 Å². The third-order valence-corrected chi connectivity index (χ3v) is 5.11. The highest BCUT2D eigenvalue weighted by molar-refractivity contribution is 7.88. The molecule has 7 nitrogen and oxygen atoms in total. The van der Waals surface area contributed by atoms with E-state index in [2.05, 4.69) is 10.2 Å². The normalized spacial score (nSPS) is 21.2. The maximum atomic E-state index is 11.7. The van der Waals surface area contributed by atoms with Crippen LogP contribution in [0.1, 0.15) is 24.6 Å². The Balaban J connectivity index is 2.21. The van der Waals surface area contributed by atoms with E-state index < -0.39 is 10.0 Å². The van der Waals surface area contributed by atoms with Crippen molar-refractivity contribution >= 4 is 22.2 Å². The monoisotopic (exact) mass is 320 g/mol. The minimum atomic E-state index is -3.15. The average molecular weight is 320 g/mol. The predicted molar refractivity (Wildman–Crippen MR) is 77.7 cm³/mol. The fraction of sp³-hybridized carbons (Fsp3) is 0.818. The summed E-state index contributed by atoms with van der Waals surface area (Å²) in [6.07, 6.45) is 3.00. The zero-order valence-corrected chi connectivity index (χ0v) is 13.3. The lowest BCUT2D eigenvalue weighted by atomic mass is 9.99. The lowest BCUT2D eigenvalue weighted by molar-refractivity contribution is 0.184. The molecule has 114 valence electrons. The van der Waals surface area contributed by atoms with Crippen molar-refractivity contribution in [2.45, 2.75) is 25.3 Å². The number of aromatic amines is 1. The molecule has 1 aromatic heterocycles. The Hall–Kier alpha value is -0.770. The van der Waals surface area contributed by atoms with Gasteiger partial charge in [-0.2, -0.15) is 5.10 Å². The van der Waals surface area contributed by atoms with E-state index in [1.54, 1.807) is 7.11 Å². The third kappa shape index (κ3) is 3.46. The van der Waals surface area contributed by atoms with E-state index in [0.29, 0.717) is 31.0 Å². The molecule has 9 heteroatoms. The van der Waals surface area contributed by atoms with Gasteiger partial charge in [0, 0.05) is 32.7 Å². The van der Waals surface area contributed by atoms with E-state index >= 15 is 0 Å². The number of nitrogens with one attached hydrogen (secondary N) is 1. The third-order valence-electron chi connectivity index (χ3n) is 3.53. The van der Waals surface area contributed by atoms with Gasteiger partial charge in [-0.05, 0) is 25.1 Å². The Morgan fingerprint density at radius 2 is 2.30 bits per heavy atom. The minimum absolute atomic E-state index is 0.0725. The van der Waals surface area contributed by atoms with Gasteiger partial charge in [0.15, 0.2) is 4.77 Å². The van der Waals surface area contributed by atoms with Crippen LogP contribution in [0.2, 0.25) is 0 Å². The molecular formula is C11H20N4O3S2. The number of methoxy groups -OCH3 is 1. The van der Waals surface area contributed by atoms with Gasteiger partial charge in [0.2, 0.25) is 10.0 Å². The summed E-state index contributed by atoms with van der Waals surface area (Å²) in [5.41, 5.74) is 0. The molecule has 2 rings (SSSR count). The summed E-state index contributed by atoms with van der Waals surface area (Å²) in [5, 5.41) is 7.07. The largest absolute Gasteiger partial charge is 0.383 e. The number of piperidine rings is 1. The zero-order chi connectivity index (χ0) is 14.8. The van der Waals surface area contributed by atoms with Gasteiger partial charge in [-0.1, -0.05) is 0 Å². The molecule has 0 unspecified atom stereocenters. The molecule has 0 saturated carbocycles. The van der Waals surface area contributed by atoms with Crippen LogP contribution in [0.3, 0.4) is 0 Å². The van der Waals surface area contributed by atoms with Gasteiger partial charge in [0.05, 0.1) is 12.9 Å². The van der Waals surface area contributed by atoms with Gasteiger partial charge < -0.3 is 9.30 Å². The van der Waals surface area contributed by atoms with E-state index in [9.17, 15) is 8.42 Å². The molecule has 1 atom stereocenters. The molecule has 0 aromatic carbocycles. The van der Waals surface area contributed by atoms with Gasteiger partial charge >= 0.3 is 0 Å². The number of hydrogen-bond donors (Lipinski definition) is 1. The smallest absolute Gasteiger partial charge is 0.211 e. The SMILES string of the molecule is COCCn1c([C@@H]2CCCN(S(C)(=O)=O)C2)n[nH]c1=S. The first kappa shape index (κ1) is 15.6. The Kier molecular flexibility index (Phi) is 4.95. The fourth-order valence-corrected chi connectivity index (χ4v) is 3.64. The van der Waals surface area contributed by atoms with Crippen LogP contribution in [-0.2, 0) is 21.3 Å². The van der Waals surface area contributed by atoms with Crippen molar-refractivity contribution < 1.29 is 13.2 Å². The lowest BCUT2D eigenvalue weighted by Gasteiger charge is -2.30. The molecular weight excluding hydrogens is 300 g/mol. The number of aromatic nitrogens is 3. The van der Waals surface area contributed by atoms with Crippen LogP contribution in [0, 0.1) is 4.77 Å². The van der Waals surface area contributed by atoms with E-state index in [1.807, 2.05) is 4.57 Å². The Labute approximate surface area is 124 Å². The van der Waals surface area contributed by atoms with Gasteiger partial charge in [-0.3, -0.25) is 5.10 Å². The molecule has 0 amide bonds. The summed E-state index contributed by atoms with van der Waals surface area (Å²) < 4.78 is 32.4. The first-order chi connectivity index (χ1) is 9.43. The molecule has 1 aromatic rings. The Morgan fingerprint density at radius 1 is 1.55 bits per heavy atom. The highest BCUT2D eigenvalue weighted by atomic mass is 32.2. The Bertz CT molecular complexity index is 607. The molecule has 1 aliphatic heterocycles. The van der Waals surface area contributed by atoms with Crippen molar-refractivity contribution in [1.29, 1.82) is 0 Å². The van der Waals surface area contributed by atoms with Gasteiger partial charge in [-0.15, -0.1) is 0 Å². The molecule has 1 saturated heterocycles. The van der Waals surface area contributed by atoms with Crippen LogP contribution in [0.4, 0.5) is 0 Å². The minimum Gasteiger partial charge on any atom is -0.383 e. The number of ether oxygens (including phenoxy) is 1. The quantitative estimate of drug-likeness (QED) is 0.809. The fourth-order valence-electron chi connectivity index (χ4n) is 2.49. The molecule has 0 aliphatic carbocycles. The first-order valence-corrected chi connectivity index (χ1v) is 8.78. The molecule has 1 N–H and O–H groups in total. The van der Waals surface area contributed by atoms with E-state index in [4.69, 9.17) is 17.0 Å². The van der Waals surface area contributed by atoms with Crippen molar-refractivity contribution in [3.8, 4) is 0 Å². The maximum Gasteiger partial charge on any atom is 0.211 e. The van der Waals surface area contributed by atoms with E-state index in [-0.39, 0.29) is 5.92 Å². The number of hydrogen-bond acceptors (Lipinski definition) is 5. The second kappa shape index (κ2) is 6.33. The second-order valence-electron chi connectivity index (χ2n) is 4.99. The maximum absolute atomic E-state index is 11.7. The average Bonchev–Trinajstić information content (AvgIpc) is 2.77. The zero-order valence-electron chi connectivity index (χ0n) is 11.7. The van der Waals surface area contributed by atoms with Crippen LogP contribution in [0.25, 0.3) is 0 Å². The highest BCUT2D eigenvalue weighted by Gasteiger charge is 2.29. The molecule has 1 aliphatic rings. The van der Waals surface area contributed by atoms with Crippen molar-refractivity contribution in [1.82, 2.24) is 19.1 Å². The second-order valence-corrected chi connectivity index (χ2v) is 7.36. The number of H-pyrrole nitrogens is 1. The highest BCUT2D eigenvalue weighted by Crippen LogP contribution is 2.26. The van der Waals surface area contributed by atoms with Crippen molar-refractivity contribution in [2.24, 2.45) is 0 Å². The lowest BCUT2D eigenvalue weighted by Crippen LogP contribution is -2.39. The summed E-state index contributed by atoms with van der Waals surface area (Å²) in [7, 11) is -1.52. The predicted octanol–water partition coefficient (Wildman–Crippen LogP) is 0.726. The van der Waals surface area contributed by atoms with Crippen LogP contribution in [0.15, 0.2) is 0 Å². The molecule has 1 fully saturated rings. The van der Waals surface area contributed by atoms with Crippen LogP contribution in [0.5, 0.6) is 0 Å². The topological polar surface area (TPSA) is 80.2 Å². The summed E-state index contributed by atoms with van der Waals surface area (Å²) in [6.45, 7) is 2.21. The summed E-state index contributed by atoms with van der Waals surface area (Å²) in [5.74, 6) is 0.892. The number of sulfonamides is 1. The molecule has 0 bridgehead atoms. The molecule has 0 spiro atoms. The number of rotatable bonds is 5. The Morgan fingerprint density at radius 3 is 2.95 bits per heavy atom. The van der Waals surface area contributed by atoms with Crippen LogP contribution < -0.4 is 0 Å². The van der Waals surface area contributed by atoms with Crippen molar-refractivity contribution in [2.75, 3.05) is 33.1 Å². The summed E-state index contributed by atoms with van der Waals surface area (Å²) in [4.78, 5) is 0. The summed E-state index contributed by atoms with van der Waals surface area (Å²) in [6, 6.07) is 0. The molecule has 2 heterocycles. The van der Waals surface area contributed by atoms with E-state index in [1.165, 1.54) is 10.6 Å². The van der Waals surface area contributed by atoms with E-state index in [0.717, 1.165) is 18.7 Å². The molecule has 0 radical (unpaired) electrons. The van der Waals surface area contributed by atoms with Crippen LogP contribution in [-0.4, -0.2) is 60.5 Å². The first-order valence-electron chi connectivity index (χ1n) is 6.52. The molecule has 20 heavy (non-hydrogen) atoms. The van der Waals surface area contributed by atoms with Gasteiger partial charge in [0.1, 0.15) is 5.82 Å². The van der Waals surface area contributed by atoms with Crippen molar-refractivity contribution in [3.63, 3.8) is 0 Å². The summed E-state index contributed by atoms with van der Waals surface area (Å²) >= 11 is 5.22.